The number of nitrogens with one attached hydrogen (secondary N) is 1. The minimum Gasteiger partial charge on any atom is -0.418 e. The number of hydrogen-bond acceptors (Lipinski definition) is 6. The number of hydrogen-bond donors (Lipinski definition) is 2. The molecule has 4 aromatic heterocycles. The largest absolute Gasteiger partial charge is 0.418 e. The van der Waals surface area contributed by atoms with E-state index in [1.165, 1.54) is 12.1 Å². The number of benzene rings is 1. The number of nitrogens with zero attached hydrogens (tertiary/aromatic N) is 5. The number of aromatic nitrogens is 6. The third-order valence-corrected chi connectivity index (χ3v) is 4.44. The van der Waals surface area contributed by atoms with Gasteiger partial charge in [0.15, 0.2) is 0 Å². The molecule has 1 aromatic carbocycles. The second-order valence-corrected chi connectivity index (χ2v) is 6.15. The number of fused-ring (bicyclic) bond motifs is 1. The van der Waals surface area contributed by atoms with Gasteiger partial charge in [-0.2, -0.15) is 5.10 Å². The first-order valence-electron chi connectivity index (χ1n) is 8.53. The molecule has 0 bridgehead atoms. The molecule has 9 heteroatoms. The molecule has 0 radical (unpaired) electrons. The van der Waals surface area contributed by atoms with E-state index in [9.17, 15) is 4.39 Å². The van der Waals surface area contributed by atoms with Crippen LogP contribution in [0.1, 0.15) is 5.89 Å². The maximum Gasteiger partial charge on any atom is 0.266 e. The Morgan fingerprint density at radius 1 is 1.07 bits per heavy atom. The van der Waals surface area contributed by atoms with Crippen LogP contribution in [-0.2, 0) is 6.54 Å². The van der Waals surface area contributed by atoms with Gasteiger partial charge >= 0.3 is 0 Å². The summed E-state index contributed by atoms with van der Waals surface area (Å²) in [5.41, 5.74) is 10.3. The summed E-state index contributed by atoms with van der Waals surface area (Å²) in [5, 5.41) is 15.1. The molecular weight excluding hydrogens is 361 g/mol. The highest BCUT2D eigenvalue weighted by Gasteiger charge is 2.16. The highest BCUT2D eigenvalue weighted by atomic mass is 19.1. The Morgan fingerprint density at radius 2 is 1.89 bits per heavy atom. The predicted molar refractivity (Wildman–Crippen MR) is 99.4 cm³/mol. The van der Waals surface area contributed by atoms with Gasteiger partial charge in [-0.05, 0) is 36.4 Å². The molecule has 0 saturated carbocycles. The summed E-state index contributed by atoms with van der Waals surface area (Å²) in [7, 11) is 0. The molecule has 0 fully saturated rings. The standard InChI is InChI=1S/C19H14FN7O/c20-13-4-1-11(2-5-13)18-14(8-23-25-18)12-3-6-16-22-9-15(27(16)10-12)19-26-24-17(7-21)28-19/h1-6,8-10H,7,21H2,(H,23,25). The van der Waals surface area contributed by atoms with Crippen LogP contribution in [0.5, 0.6) is 0 Å². The molecule has 8 nitrogen and oxygen atoms in total. The van der Waals surface area contributed by atoms with E-state index in [1.54, 1.807) is 24.5 Å². The lowest BCUT2D eigenvalue weighted by Gasteiger charge is -2.05. The normalized spacial score (nSPS) is 11.4. The zero-order valence-corrected chi connectivity index (χ0v) is 14.5. The average Bonchev–Trinajstić information content (AvgIpc) is 3.46. The van der Waals surface area contributed by atoms with E-state index in [0.29, 0.717) is 17.5 Å². The maximum absolute atomic E-state index is 13.3. The van der Waals surface area contributed by atoms with Crippen LogP contribution in [0.25, 0.3) is 39.6 Å². The number of nitrogens with two attached hydrogens (primary N) is 1. The van der Waals surface area contributed by atoms with Gasteiger partial charge in [-0.25, -0.2) is 9.37 Å². The first-order chi connectivity index (χ1) is 13.7. The summed E-state index contributed by atoms with van der Waals surface area (Å²) in [5.74, 6) is 0.410. The average molecular weight is 375 g/mol. The Labute approximate surface area is 157 Å². The highest BCUT2D eigenvalue weighted by Crippen LogP contribution is 2.31. The van der Waals surface area contributed by atoms with E-state index in [4.69, 9.17) is 10.2 Å². The van der Waals surface area contributed by atoms with Crippen molar-refractivity contribution < 1.29 is 8.81 Å². The molecule has 0 amide bonds. The Morgan fingerprint density at radius 3 is 2.68 bits per heavy atom. The number of imidazole rings is 1. The van der Waals surface area contributed by atoms with Crippen molar-refractivity contribution in [3.05, 3.63) is 66.7 Å². The van der Waals surface area contributed by atoms with E-state index < -0.39 is 0 Å². The van der Waals surface area contributed by atoms with Gasteiger partial charge in [0.05, 0.1) is 18.4 Å². The molecule has 0 unspecified atom stereocenters. The summed E-state index contributed by atoms with van der Waals surface area (Å²) in [4.78, 5) is 4.38. The first kappa shape index (κ1) is 16.3. The van der Waals surface area contributed by atoms with Crippen LogP contribution in [0.2, 0.25) is 0 Å². The lowest BCUT2D eigenvalue weighted by molar-refractivity contribution is 0.507. The van der Waals surface area contributed by atoms with Crippen molar-refractivity contribution in [2.24, 2.45) is 5.73 Å². The fourth-order valence-electron chi connectivity index (χ4n) is 3.08. The van der Waals surface area contributed by atoms with E-state index >= 15 is 0 Å². The molecule has 28 heavy (non-hydrogen) atoms. The molecule has 0 atom stereocenters. The zero-order chi connectivity index (χ0) is 19.1. The van der Waals surface area contributed by atoms with E-state index in [-0.39, 0.29) is 12.4 Å². The summed E-state index contributed by atoms with van der Waals surface area (Å²) in [6, 6.07) is 10.1. The predicted octanol–water partition coefficient (Wildman–Crippen LogP) is 3.04. The van der Waals surface area contributed by atoms with Crippen molar-refractivity contribution in [1.29, 1.82) is 0 Å². The van der Waals surface area contributed by atoms with Crippen LogP contribution in [-0.4, -0.2) is 29.8 Å². The molecule has 0 aliphatic heterocycles. The second-order valence-electron chi connectivity index (χ2n) is 6.15. The van der Waals surface area contributed by atoms with Gasteiger partial charge in [0.2, 0.25) is 5.89 Å². The fraction of sp³-hybridized carbons (Fsp3) is 0.0526. The van der Waals surface area contributed by atoms with Gasteiger partial charge < -0.3 is 10.2 Å². The second kappa shape index (κ2) is 6.39. The van der Waals surface area contributed by atoms with E-state index in [2.05, 4.69) is 25.4 Å². The van der Waals surface area contributed by atoms with Gasteiger partial charge in [0, 0.05) is 29.1 Å². The molecule has 0 aliphatic carbocycles. The Kier molecular flexibility index (Phi) is 3.73. The van der Waals surface area contributed by atoms with Crippen LogP contribution >= 0.6 is 0 Å². The molecule has 4 heterocycles. The number of aromatic amines is 1. The molecule has 0 saturated heterocycles. The molecule has 0 spiro atoms. The van der Waals surface area contributed by atoms with Gasteiger partial charge in [0.25, 0.3) is 5.89 Å². The van der Waals surface area contributed by atoms with E-state index in [0.717, 1.165) is 28.0 Å². The van der Waals surface area contributed by atoms with Crippen LogP contribution in [0.3, 0.4) is 0 Å². The van der Waals surface area contributed by atoms with Crippen molar-refractivity contribution in [1.82, 2.24) is 29.8 Å². The van der Waals surface area contributed by atoms with Crippen LogP contribution in [0.4, 0.5) is 4.39 Å². The minimum absolute atomic E-state index is 0.172. The van der Waals surface area contributed by atoms with Crippen LogP contribution < -0.4 is 5.73 Å². The van der Waals surface area contributed by atoms with Crippen LogP contribution in [0.15, 0.2) is 59.4 Å². The fourth-order valence-corrected chi connectivity index (χ4v) is 3.08. The Bertz CT molecular complexity index is 1270. The maximum atomic E-state index is 13.3. The van der Waals surface area contributed by atoms with Gasteiger partial charge in [-0.15, -0.1) is 10.2 Å². The molecular formula is C19H14FN7O. The SMILES string of the molecule is NCc1nnc(-c2cnc3ccc(-c4c[nH]nc4-c4ccc(F)cc4)cn23)o1. The summed E-state index contributed by atoms with van der Waals surface area (Å²) < 4.78 is 20.7. The number of H-pyrrole nitrogens is 1. The first-order valence-corrected chi connectivity index (χ1v) is 8.53. The minimum atomic E-state index is -0.290. The third-order valence-electron chi connectivity index (χ3n) is 4.44. The van der Waals surface area contributed by atoms with E-state index in [1.807, 2.05) is 22.7 Å². The number of pyridine rings is 1. The lowest BCUT2D eigenvalue weighted by Crippen LogP contribution is -1.95. The molecule has 138 valence electrons. The van der Waals surface area contributed by atoms with Gasteiger partial charge in [0.1, 0.15) is 17.2 Å². The van der Waals surface area contributed by atoms with Gasteiger partial charge in [-0.3, -0.25) is 9.50 Å². The quantitative estimate of drug-likeness (QED) is 0.499. The molecule has 0 aliphatic rings. The number of rotatable bonds is 4. The zero-order valence-electron chi connectivity index (χ0n) is 14.5. The summed E-state index contributed by atoms with van der Waals surface area (Å²) in [6.07, 6.45) is 5.39. The highest BCUT2D eigenvalue weighted by molar-refractivity contribution is 5.80. The third kappa shape index (κ3) is 2.65. The summed E-state index contributed by atoms with van der Waals surface area (Å²) >= 11 is 0. The lowest BCUT2D eigenvalue weighted by atomic mass is 10.0. The smallest absolute Gasteiger partial charge is 0.266 e. The molecule has 3 N–H and O–H groups in total. The van der Waals surface area contributed by atoms with Crippen molar-refractivity contribution in [2.45, 2.75) is 6.54 Å². The molecule has 5 aromatic rings. The topological polar surface area (TPSA) is 111 Å². The monoisotopic (exact) mass is 375 g/mol. The Hall–Kier alpha value is -3.85. The molecule has 5 rings (SSSR count). The van der Waals surface area contributed by atoms with Crippen molar-refractivity contribution in [2.75, 3.05) is 0 Å². The van der Waals surface area contributed by atoms with Crippen molar-refractivity contribution in [3.8, 4) is 34.0 Å². The Balaban J connectivity index is 1.62. The number of halogens is 1. The van der Waals surface area contributed by atoms with Crippen molar-refractivity contribution in [3.63, 3.8) is 0 Å². The van der Waals surface area contributed by atoms with Crippen molar-refractivity contribution >= 4 is 5.65 Å². The van der Waals surface area contributed by atoms with Crippen LogP contribution in [0, 0.1) is 5.82 Å². The van der Waals surface area contributed by atoms with Gasteiger partial charge in [-0.1, -0.05) is 0 Å². The summed E-state index contributed by atoms with van der Waals surface area (Å²) in [6.45, 7) is 0.172.